The van der Waals surface area contributed by atoms with Crippen LogP contribution in [0, 0.1) is 0 Å². The number of aromatic nitrogens is 2. The maximum atomic E-state index is 11.9. The van der Waals surface area contributed by atoms with Crippen LogP contribution < -0.4 is 5.32 Å². The Bertz CT molecular complexity index is 360. The van der Waals surface area contributed by atoms with Crippen LogP contribution in [0.5, 0.6) is 0 Å². The third-order valence-electron chi connectivity index (χ3n) is 2.17. The van der Waals surface area contributed by atoms with Crippen LogP contribution >= 0.6 is 15.9 Å². The number of Topliss-reactive ketones (excluding diaryl/α,β-unsaturated/α-hetero) is 1. The van der Waals surface area contributed by atoms with Crippen molar-refractivity contribution in [3.05, 3.63) is 16.4 Å². The van der Waals surface area contributed by atoms with Crippen molar-refractivity contribution < 1.29 is 4.79 Å². The van der Waals surface area contributed by atoms with Crippen LogP contribution in [-0.4, -0.2) is 27.6 Å². The molecule has 5 heteroatoms. The molecule has 0 aliphatic rings. The molecule has 0 amide bonds. The molecule has 1 N–H and O–H groups in total. The minimum absolute atomic E-state index is 0.0456. The average molecular weight is 288 g/mol. The van der Waals surface area contributed by atoms with Gasteiger partial charge in [0.05, 0.1) is 10.7 Å². The summed E-state index contributed by atoms with van der Waals surface area (Å²) >= 11 is 3.32. The molecule has 0 bridgehead atoms. The van der Waals surface area contributed by atoms with Gasteiger partial charge in [-0.25, -0.2) is 0 Å². The van der Waals surface area contributed by atoms with E-state index in [0.29, 0.717) is 18.7 Å². The van der Waals surface area contributed by atoms with Crippen LogP contribution in [0.3, 0.4) is 0 Å². The molecule has 0 spiro atoms. The number of halogens is 1. The van der Waals surface area contributed by atoms with E-state index in [0.717, 1.165) is 4.47 Å². The van der Waals surface area contributed by atoms with E-state index in [1.807, 2.05) is 0 Å². The lowest BCUT2D eigenvalue weighted by Crippen LogP contribution is -2.37. The average Bonchev–Trinajstić information content (AvgIpc) is 2.43. The molecule has 0 aliphatic carbocycles. The zero-order chi connectivity index (χ0) is 12.3. The van der Waals surface area contributed by atoms with E-state index in [2.05, 4.69) is 47.1 Å². The second kappa shape index (κ2) is 5.10. The molecule has 0 unspecified atom stereocenters. The van der Waals surface area contributed by atoms with Crippen LogP contribution in [0.1, 0.15) is 37.7 Å². The molecule has 4 nitrogen and oxygen atoms in total. The van der Waals surface area contributed by atoms with Gasteiger partial charge in [-0.1, -0.05) is 0 Å². The topological polar surface area (TPSA) is 46.9 Å². The predicted molar refractivity (Wildman–Crippen MR) is 67.6 cm³/mol. The van der Waals surface area contributed by atoms with Crippen molar-refractivity contribution in [3.8, 4) is 0 Å². The predicted octanol–water partition coefficient (Wildman–Crippen LogP) is 2.14. The molecule has 16 heavy (non-hydrogen) atoms. The molecule has 0 saturated heterocycles. The number of nitrogens with one attached hydrogen (secondary N) is 1. The Morgan fingerprint density at radius 3 is 2.62 bits per heavy atom. The highest BCUT2D eigenvalue weighted by Gasteiger charge is 2.16. The molecule has 1 aromatic rings. The summed E-state index contributed by atoms with van der Waals surface area (Å²) in [6, 6.07) is 0. The Hall–Kier alpha value is -0.680. The fraction of sp³-hybridized carbons (Fsp3) is 0.636. The number of aryl methyl sites for hydroxylation is 1. The van der Waals surface area contributed by atoms with Crippen molar-refractivity contribution in [2.24, 2.45) is 7.05 Å². The summed E-state index contributed by atoms with van der Waals surface area (Å²) in [6.45, 7) is 6.92. The summed E-state index contributed by atoms with van der Waals surface area (Å²) in [5.41, 5.74) is 0.681. The van der Waals surface area contributed by atoms with E-state index in [-0.39, 0.29) is 11.3 Å². The maximum absolute atomic E-state index is 11.9. The zero-order valence-electron chi connectivity index (χ0n) is 10.2. The Labute approximate surface area is 105 Å². The Morgan fingerprint density at radius 1 is 1.56 bits per heavy atom. The van der Waals surface area contributed by atoms with Crippen molar-refractivity contribution in [1.29, 1.82) is 0 Å². The zero-order valence-corrected chi connectivity index (χ0v) is 11.8. The first-order valence-electron chi connectivity index (χ1n) is 5.27. The van der Waals surface area contributed by atoms with E-state index >= 15 is 0 Å². The maximum Gasteiger partial charge on any atom is 0.183 e. The highest BCUT2D eigenvalue weighted by Crippen LogP contribution is 2.16. The molecule has 90 valence electrons. The number of hydrogen-bond donors (Lipinski definition) is 1. The number of nitrogens with zero attached hydrogens (tertiary/aromatic N) is 2. The molecule has 1 rings (SSSR count). The van der Waals surface area contributed by atoms with Gasteiger partial charge in [-0.2, -0.15) is 5.10 Å². The van der Waals surface area contributed by atoms with Crippen LogP contribution in [0.2, 0.25) is 0 Å². The number of ketones is 1. The quantitative estimate of drug-likeness (QED) is 0.863. The summed E-state index contributed by atoms with van der Waals surface area (Å²) in [5.74, 6) is 0.101. The fourth-order valence-electron chi connectivity index (χ4n) is 1.39. The lowest BCUT2D eigenvalue weighted by molar-refractivity contribution is 0.0970. The van der Waals surface area contributed by atoms with Gasteiger partial charge in [-0.15, -0.1) is 0 Å². The summed E-state index contributed by atoms with van der Waals surface area (Å²) in [6.07, 6.45) is 2.12. The number of carbonyl (C=O) groups is 1. The van der Waals surface area contributed by atoms with E-state index < -0.39 is 0 Å². The Morgan fingerprint density at radius 2 is 2.19 bits per heavy atom. The number of carbonyl (C=O) groups excluding carboxylic acids is 1. The molecule has 0 atom stereocenters. The monoisotopic (exact) mass is 287 g/mol. The highest BCUT2D eigenvalue weighted by atomic mass is 79.9. The number of rotatable bonds is 4. The molecule has 0 aromatic carbocycles. The molecular weight excluding hydrogens is 270 g/mol. The first-order chi connectivity index (χ1) is 7.31. The molecule has 0 aliphatic heterocycles. The van der Waals surface area contributed by atoms with Gasteiger partial charge >= 0.3 is 0 Å². The van der Waals surface area contributed by atoms with Crippen LogP contribution in [0.15, 0.2) is 10.7 Å². The molecule has 0 fully saturated rings. The molecular formula is C11H18BrN3O. The lowest BCUT2D eigenvalue weighted by atomic mass is 10.1. The largest absolute Gasteiger partial charge is 0.312 e. The number of hydrogen-bond acceptors (Lipinski definition) is 3. The first kappa shape index (κ1) is 13.4. The Balaban J connectivity index is 2.54. The normalized spacial score (nSPS) is 11.8. The minimum Gasteiger partial charge on any atom is -0.312 e. The van der Waals surface area contributed by atoms with Crippen LogP contribution in [0.25, 0.3) is 0 Å². The molecule has 1 aromatic heterocycles. The lowest BCUT2D eigenvalue weighted by Gasteiger charge is -2.20. The van der Waals surface area contributed by atoms with Gasteiger partial charge in [0, 0.05) is 25.6 Å². The second-order valence-corrected chi connectivity index (χ2v) is 5.67. The fourth-order valence-corrected chi connectivity index (χ4v) is 1.96. The van der Waals surface area contributed by atoms with Gasteiger partial charge < -0.3 is 5.32 Å². The van der Waals surface area contributed by atoms with E-state index in [1.165, 1.54) is 0 Å². The SMILES string of the molecule is Cn1ncc(Br)c1C(=O)CCNC(C)(C)C. The highest BCUT2D eigenvalue weighted by molar-refractivity contribution is 9.10. The van der Waals surface area contributed by atoms with Gasteiger partial charge in [0.2, 0.25) is 0 Å². The van der Waals surface area contributed by atoms with E-state index in [9.17, 15) is 4.79 Å². The van der Waals surface area contributed by atoms with Crippen molar-refractivity contribution >= 4 is 21.7 Å². The second-order valence-electron chi connectivity index (χ2n) is 4.81. The van der Waals surface area contributed by atoms with Crippen molar-refractivity contribution in [2.45, 2.75) is 32.7 Å². The molecule has 0 radical (unpaired) electrons. The van der Waals surface area contributed by atoms with Crippen molar-refractivity contribution in [2.75, 3.05) is 6.54 Å². The third kappa shape index (κ3) is 3.72. The van der Waals surface area contributed by atoms with E-state index in [1.54, 1.807) is 17.9 Å². The third-order valence-corrected chi connectivity index (χ3v) is 2.75. The van der Waals surface area contributed by atoms with E-state index in [4.69, 9.17) is 0 Å². The summed E-state index contributed by atoms with van der Waals surface area (Å²) in [7, 11) is 1.77. The van der Waals surface area contributed by atoms with Crippen molar-refractivity contribution in [3.63, 3.8) is 0 Å². The van der Waals surface area contributed by atoms with Crippen molar-refractivity contribution in [1.82, 2.24) is 15.1 Å². The minimum atomic E-state index is 0.0456. The van der Waals surface area contributed by atoms with Gasteiger partial charge in [0.1, 0.15) is 5.69 Å². The summed E-state index contributed by atoms with van der Waals surface area (Å²) in [4.78, 5) is 11.9. The standard InChI is InChI=1S/C11H18BrN3O/c1-11(2,3)13-6-5-9(16)10-8(12)7-14-15(10)4/h7,13H,5-6H2,1-4H3. The molecule has 1 heterocycles. The van der Waals surface area contributed by atoms with Gasteiger partial charge in [0.25, 0.3) is 0 Å². The Kier molecular flexibility index (Phi) is 4.27. The van der Waals surface area contributed by atoms with Gasteiger partial charge in [-0.05, 0) is 36.7 Å². The summed E-state index contributed by atoms with van der Waals surface area (Å²) in [5, 5.41) is 7.31. The molecule has 0 saturated carbocycles. The smallest absolute Gasteiger partial charge is 0.183 e. The first-order valence-corrected chi connectivity index (χ1v) is 6.06. The summed E-state index contributed by atoms with van der Waals surface area (Å²) < 4.78 is 2.36. The van der Waals surface area contributed by atoms with Gasteiger partial charge in [-0.3, -0.25) is 9.48 Å². The van der Waals surface area contributed by atoms with Gasteiger partial charge in [0.15, 0.2) is 5.78 Å². The van der Waals surface area contributed by atoms with Crippen LogP contribution in [0.4, 0.5) is 0 Å². The van der Waals surface area contributed by atoms with Crippen LogP contribution in [-0.2, 0) is 7.05 Å².